The summed E-state index contributed by atoms with van der Waals surface area (Å²) in [5, 5.41) is 3.62. The Bertz CT molecular complexity index is 821. The van der Waals surface area contributed by atoms with Crippen LogP contribution in [0, 0.1) is 4.91 Å². The first-order chi connectivity index (χ1) is 9.69. The lowest BCUT2D eigenvalue weighted by molar-refractivity contribution is 1.21. The third-order valence-electron chi connectivity index (χ3n) is 2.84. The molecule has 3 aromatic rings. The van der Waals surface area contributed by atoms with Crippen molar-refractivity contribution in [2.75, 3.05) is 5.73 Å². The molecule has 2 aromatic heterocycles. The van der Waals surface area contributed by atoms with Gasteiger partial charge in [0, 0.05) is 17.1 Å². The van der Waals surface area contributed by atoms with Gasteiger partial charge in [-0.3, -0.25) is 4.98 Å². The molecule has 2 N–H and O–H groups in total. The maximum Gasteiger partial charge on any atom is 0.224 e. The molecule has 3 rings (SSSR count). The second kappa shape index (κ2) is 4.82. The summed E-state index contributed by atoms with van der Waals surface area (Å²) in [4.78, 5) is 23.0. The zero-order valence-corrected chi connectivity index (χ0v) is 10.9. The van der Waals surface area contributed by atoms with Crippen molar-refractivity contribution in [2.45, 2.75) is 0 Å². The maximum atomic E-state index is 10.6. The minimum Gasteiger partial charge on any atom is -0.383 e. The first-order valence-electron chi connectivity index (χ1n) is 5.70. The molecule has 0 bridgehead atoms. The lowest BCUT2D eigenvalue weighted by Gasteiger charge is -2.07. The Kier molecular flexibility index (Phi) is 3.00. The highest BCUT2D eigenvalue weighted by atomic mass is 35.5. The molecule has 0 saturated heterocycles. The van der Waals surface area contributed by atoms with Crippen molar-refractivity contribution in [1.29, 1.82) is 0 Å². The van der Waals surface area contributed by atoms with Crippen LogP contribution in [0.1, 0.15) is 0 Å². The number of hydrogen-bond donors (Lipinski definition) is 1. The van der Waals surface area contributed by atoms with E-state index in [1.807, 2.05) is 6.07 Å². The minimum atomic E-state index is 0.0499. The van der Waals surface area contributed by atoms with Gasteiger partial charge in [-0.15, -0.1) is 4.91 Å². The van der Waals surface area contributed by atoms with Crippen LogP contribution in [0.2, 0.25) is 5.28 Å². The molecule has 0 radical (unpaired) electrons. The van der Waals surface area contributed by atoms with E-state index in [9.17, 15) is 4.91 Å². The summed E-state index contributed by atoms with van der Waals surface area (Å²) in [5.41, 5.74) is 7.96. The van der Waals surface area contributed by atoms with Crippen molar-refractivity contribution in [1.82, 2.24) is 15.0 Å². The molecule has 0 spiro atoms. The Balaban J connectivity index is 2.33. The number of benzene rings is 1. The number of nitroso groups, excluding NO2 is 1. The van der Waals surface area contributed by atoms with Crippen LogP contribution in [0.4, 0.5) is 11.5 Å². The number of nitrogens with zero attached hydrogens (tertiary/aromatic N) is 4. The van der Waals surface area contributed by atoms with Crippen molar-refractivity contribution in [3.63, 3.8) is 0 Å². The van der Waals surface area contributed by atoms with E-state index >= 15 is 0 Å². The summed E-state index contributed by atoms with van der Waals surface area (Å²) in [6.45, 7) is 0. The van der Waals surface area contributed by atoms with Crippen LogP contribution >= 0.6 is 11.6 Å². The number of hydrogen-bond acceptors (Lipinski definition) is 6. The predicted octanol–water partition coefficient (Wildman–Crippen LogP) is 3.33. The van der Waals surface area contributed by atoms with Gasteiger partial charge in [-0.1, -0.05) is 12.1 Å². The molecule has 0 fully saturated rings. The van der Waals surface area contributed by atoms with E-state index in [4.69, 9.17) is 17.3 Å². The van der Waals surface area contributed by atoms with Gasteiger partial charge in [-0.25, -0.2) is 9.97 Å². The standard InChI is InChI=1S/C13H8ClN5O/c14-13-17-11-9(12(15)18-13)4-5-16-10(11)7-2-1-3-8(6-7)19-20/h1-6H,(H2,15,17,18). The number of rotatable bonds is 2. The molecule has 0 amide bonds. The highest BCUT2D eigenvalue weighted by Crippen LogP contribution is 2.30. The molecule has 0 atom stereocenters. The van der Waals surface area contributed by atoms with Crippen LogP contribution in [0.5, 0.6) is 0 Å². The van der Waals surface area contributed by atoms with Gasteiger partial charge in [0.1, 0.15) is 17.0 Å². The third-order valence-corrected chi connectivity index (χ3v) is 3.01. The Morgan fingerprint density at radius 2 is 2.05 bits per heavy atom. The molecule has 98 valence electrons. The Hall–Kier alpha value is -2.60. The predicted molar refractivity (Wildman–Crippen MR) is 77.6 cm³/mol. The number of fused-ring (bicyclic) bond motifs is 1. The van der Waals surface area contributed by atoms with Crippen LogP contribution in [-0.2, 0) is 0 Å². The van der Waals surface area contributed by atoms with Crippen molar-refractivity contribution < 1.29 is 0 Å². The Morgan fingerprint density at radius 1 is 1.20 bits per heavy atom. The first kappa shape index (κ1) is 12.4. The fourth-order valence-electron chi connectivity index (χ4n) is 1.97. The highest BCUT2D eigenvalue weighted by molar-refractivity contribution is 6.29. The Labute approximate surface area is 118 Å². The molecule has 0 aliphatic rings. The minimum absolute atomic E-state index is 0.0499. The quantitative estimate of drug-likeness (QED) is 0.575. The smallest absolute Gasteiger partial charge is 0.224 e. The fraction of sp³-hybridized carbons (Fsp3) is 0. The van der Waals surface area contributed by atoms with Crippen LogP contribution < -0.4 is 5.73 Å². The average molecular weight is 286 g/mol. The first-order valence-corrected chi connectivity index (χ1v) is 6.08. The molecule has 0 aliphatic carbocycles. The van der Waals surface area contributed by atoms with Crippen molar-refractivity contribution in [2.24, 2.45) is 5.18 Å². The monoisotopic (exact) mass is 285 g/mol. The number of nitrogens with two attached hydrogens (primary N) is 1. The van der Waals surface area contributed by atoms with Crippen molar-refractivity contribution in [3.8, 4) is 11.3 Å². The van der Waals surface area contributed by atoms with Gasteiger partial charge >= 0.3 is 0 Å². The molecule has 0 saturated carbocycles. The Morgan fingerprint density at radius 3 is 2.85 bits per heavy atom. The second-order valence-electron chi connectivity index (χ2n) is 4.08. The van der Waals surface area contributed by atoms with Crippen LogP contribution in [0.15, 0.2) is 41.7 Å². The molecule has 0 aliphatic heterocycles. The average Bonchev–Trinajstić information content (AvgIpc) is 2.46. The lowest BCUT2D eigenvalue weighted by atomic mass is 10.1. The van der Waals surface area contributed by atoms with E-state index in [-0.39, 0.29) is 11.1 Å². The largest absolute Gasteiger partial charge is 0.383 e. The molecule has 1 aromatic carbocycles. The number of nitrogen functional groups attached to an aromatic ring is 1. The molecule has 6 nitrogen and oxygen atoms in total. The summed E-state index contributed by atoms with van der Waals surface area (Å²) < 4.78 is 0. The van der Waals surface area contributed by atoms with E-state index in [1.54, 1.807) is 30.5 Å². The zero-order valence-electron chi connectivity index (χ0n) is 10.1. The summed E-state index contributed by atoms with van der Waals surface area (Å²) >= 11 is 5.84. The zero-order chi connectivity index (χ0) is 14.1. The van der Waals surface area contributed by atoms with E-state index in [2.05, 4.69) is 20.1 Å². The van der Waals surface area contributed by atoms with Crippen molar-refractivity contribution >= 4 is 34.0 Å². The van der Waals surface area contributed by atoms with Gasteiger partial charge in [0.2, 0.25) is 5.28 Å². The SMILES string of the molecule is Nc1nc(Cl)nc2c(-c3cccc(N=O)c3)nccc12. The summed E-state index contributed by atoms with van der Waals surface area (Å²) in [6.07, 6.45) is 1.60. The van der Waals surface area contributed by atoms with Gasteiger partial charge in [0.25, 0.3) is 0 Å². The van der Waals surface area contributed by atoms with E-state index in [0.717, 1.165) is 0 Å². The maximum absolute atomic E-state index is 10.6. The molecule has 7 heteroatoms. The van der Waals surface area contributed by atoms with Crippen LogP contribution in [-0.4, -0.2) is 15.0 Å². The van der Waals surface area contributed by atoms with Gasteiger partial charge < -0.3 is 5.73 Å². The van der Waals surface area contributed by atoms with Gasteiger partial charge in [-0.2, -0.15) is 0 Å². The summed E-state index contributed by atoms with van der Waals surface area (Å²) in [5.74, 6) is 0.285. The van der Waals surface area contributed by atoms with Gasteiger partial charge in [0.05, 0.1) is 5.69 Å². The summed E-state index contributed by atoms with van der Waals surface area (Å²) in [7, 11) is 0. The molecular formula is C13H8ClN5O. The topological polar surface area (TPSA) is 94.1 Å². The fourth-order valence-corrected chi connectivity index (χ4v) is 2.15. The third kappa shape index (κ3) is 2.06. The second-order valence-corrected chi connectivity index (χ2v) is 4.41. The van der Waals surface area contributed by atoms with Crippen LogP contribution in [0.3, 0.4) is 0 Å². The number of halogens is 1. The van der Waals surface area contributed by atoms with E-state index in [0.29, 0.717) is 27.8 Å². The lowest BCUT2D eigenvalue weighted by Crippen LogP contribution is -1.97. The normalized spacial score (nSPS) is 10.7. The number of anilines is 1. The molecule has 2 heterocycles. The molecular weight excluding hydrogens is 278 g/mol. The number of aromatic nitrogens is 3. The number of pyridine rings is 1. The van der Waals surface area contributed by atoms with Crippen molar-refractivity contribution in [3.05, 3.63) is 46.7 Å². The van der Waals surface area contributed by atoms with Gasteiger partial charge in [-0.05, 0) is 35.0 Å². The van der Waals surface area contributed by atoms with Gasteiger partial charge in [0.15, 0.2) is 0 Å². The highest BCUT2D eigenvalue weighted by Gasteiger charge is 2.11. The molecule has 0 unspecified atom stereocenters. The van der Waals surface area contributed by atoms with E-state index < -0.39 is 0 Å². The molecule has 20 heavy (non-hydrogen) atoms. The van der Waals surface area contributed by atoms with Crippen LogP contribution in [0.25, 0.3) is 22.2 Å². The summed E-state index contributed by atoms with van der Waals surface area (Å²) in [6, 6.07) is 8.48. The van der Waals surface area contributed by atoms with E-state index in [1.165, 1.54) is 0 Å².